The molecule has 8 nitrogen and oxygen atoms in total. The molecule has 1 aliphatic rings. The third kappa shape index (κ3) is 5.79. The summed E-state index contributed by atoms with van der Waals surface area (Å²) in [5.74, 6) is -0.997. The number of anilines is 1. The lowest BCUT2D eigenvalue weighted by atomic mass is 10.0. The molecular formula is C22H26N4O4. The lowest BCUT2D eigenvalue weighted by Gasteiger charge is -2.34. The van der Waals surface area contributed by atoms with Gasteiger partial charge in [-0.2, -0.15) is 0 Å². The number of rotatable bonds is 7. The Morgan fingerprint density at radius 3 is 2.50 bits per heavy atom. The summed E-state index contributed by atoms with van der Waals surface area (Å²) < 4.78 is 4.52. The SMILES string of the molecule is COC(=O)CC(=O)NC1CCN(c2ccccc2C(=O)NCc2ccncc2)CC1. The van der Waals surface area contributed by atoms with E-state index in [0.29, 0.717) is 25.2 Å². The second kappa shape index (κ2) is 10.4. The third-order valence-electron chi connectivity index (χ3n) is 5.08. The molecule has 0 atom stereocenters. The average Bonchev–Trinajstić information content (AvgIpc) is 2.78. The Hall–Kier alpha value is -3.42. The zero-order valence-electron chi connectivity index (χ0n) is 17.0. The Morgan fingerprint density at radius 1 is 1.10 bits per heavy atom. The van der Waals surface area contributed by atoms with Gasteiger partial charge in [0.25, 0.3) is 5.91 Å². The number of pyridine rings is 1. The fourth-order valence-corrected chi connectivity index (χ4v) is 3.47. The predicted molar refractivity (Wildman–Crippen MR) is 112 cm³/mol. The number of nitrogens with one attached hydrogen (secondary N) is 2. The number of para-hydroxylation sites is 1. The molecule has 1 fully saturated rings. The van der Waals surface area contributed by atoms with Crippen LogP contribution < -0.4 is 15.5 Å². The Morgan fingerprint density at radius 2 is 1.80 bits per heavy atom. The number of carbonyl (C=O) groups excluding carboxylic acids is 3. The Balaban J connectivity index is 1.56. The number of amides is 2. The summed E-state index contributed by atoms with van der Waals surface area (Å²) in [6.07, 6.45) is 4.60. The summed E-state index contributed by atoms with van der Waals surface area (Å²) in [4.78, 5) is 42.0. The highest BCUT2D eigenvalue weighted by molar-refractivity contribution is 5.99. The van der Waals surface area contributed by atoms with Gasteiger partial charge >= 0.3 is 5.97 Å². The molecule has 0 spiro atoms. The Kier molecular flexibility index (Phi) is 7.37. The predicted octanol–water partition coefficient (Wildman–Crippen LogP) is 1.66. The second-order valence-electron chi connectivity index (χ2n) is 7.14. The first-order valence-corrected chi connectivity index (χ1v) is 9.94. The molecule has 8 heteroatoms. The Labute approximate surface area is 175 Å². The third-order valence-corrected chi connectivity index (χ3v) is 5.08. The number of esters is 1. The van der Waals surface area contributed by atoms with Crippen LogP contribution >= 0.6 is 0 Å². The van der Waals surface area contributed by atoms with Crippen LogP contribution in [0.25, 0.3) is 0 Å². The van der Waals surface area contributed by atoms with E-state index in [9.17, 15) is 14.4 Å². The zero-order valence-corrected chi connectivity index (χ0v) is 17.0. The molecule has 0 bridgehead atoms. The number of nitrogens with zero attached hydrogens (tertiary/aromatic N) is 2. The number of hydrogen-bond donors (Lipinski definition) is 2. The first kappa shape index (κ1) is 21.3. The smallest absolute Gasteiger partial charge is 0.315 e. The largest absolute Gasteiger partial charge is 0.469 e. The van der Waals surface area contributed by atoms with Gasteiger partial charge in [-0.1, -0.05) is 12.1 Å². The van der Waals surface area contributed by atoms with Gasteiger partial charge < -0.3 is 20.3 Å². The molecular weight excluding hydrogens is 384 g/mol. The van der Waals surface area contributed by atoms with Crippen LogP contribution in [0.4, 0.5) is 5.69 Å². The van der Waals surface area contributed by atoms with Crippen molar-refractivity contribution in [3.63, 3.8) is 0 Å². The monoisotopic (exact) mass is 410 g/mol. The van der Waals surface area contributed by atoms with Crippen molar-refractivity contribution in [1.82, 2.24) is 15.6 Å². The van der Waals surface area contributed by atoms with E-state index < -0.39 is 5.97 Å². The van der Waals surface area contributed by atoms with Crippen molar-refractivity contribution in [2.24, 2.45) is 0 Å². The number of hydrogen-bond acceptors (Lipinski definition) is 6. The molecule has 158 valence electrons. The highest BCUT2D eigenvalue weighted by Gasteiger charge is 2.24. The highest BCUT2D eigenvalue weighted by atomic mass is 16.5. The van der Waals surface area contributed by atoms with Crippen molar-refractivity contribution in [3.8, 4) is 0 Å². The highest BCUT2D eigenvalue weighted by Crippen LogP contribution is 2.24. The van der Waals surface area contributed by atoms with Gasteiger partial charge in [-0.15, -0.1) is 0 Å². The zero-order chi connectivity index (χ0) is 21.3. The number of aromatic nitrogens is 1. The van der Waals surface area contributed by atoms with Crippen molar-refractivity contribution in [3.05, 3.63) is 59.9 Å². The molecule has 3 rings (SSSR count). The molecule has 2 amide bonds. The standard InChI is InChI=1S/C22H26N4O4/c1-30-21(28)14-20(27)25-17-8-12-26(13-9-17)19-5-3-2-4-18(19)22(29)24-15-16-6-10-23-11-7-16/h2-7,10-11,17H,8-9,12-15H2,1H3,(H,24,29)(H,25,27). The normalized spacial score (nSPS) is 14.1. The summed E-state index contributed by atoms with van der Waals surface area (Å²) in [7, 11) is 1.26. The second-order valence-corrected chi connectivity index (χ2v) is 7.14. The maximum atomic E-state index is 12.8. The molecule has 2 N–H and O–H groups in total. The number of methoxy groups -OCH3 is 1. The van der Waals surface area contributed by atoms with Crippen molar-refractivity contribution < 1.29 is 19.1 Å². The molecule has 2 heterocycles. The maximum Gasteiger partial charge on any atom is 0.315 e. The van der Waals surface area contributed by atoms with Crippen molar-refractivity contribution in [1.29, 1.82) is 0 Å². The fraction of sp³-hybridized carbons (Fsp3) is 0.364. The van der Waals surface area contributed by atoms with Crippen LogP contribution in [0, 0.1) is 0 Å². The van der Waals surface area contributed by atoms with Crippen LogP contribution in [0.3, 0.4) is 0 Å². The van der Waals surface area contributed by atoms with Gasteiger partial charge in [-0.05, 0) is 42.7 Å². The van der Waals surface area contributed by atoms with E-state index in [0.717, 1.165) is 24.1 Å². The summed E-state index contributed by atoms with van der Waals surface area (Å²) in [5, 5.41) is 5.84. The molecule has 0 radical (unpaired) electrons. The van der Waals surface area contributed by atoms with Crippen LogP contribution in [-0.2, 0) is 20.9 Å². The topological polar surface area (TPSA) is 101 Å². The van der Waals surface area contributed by atoms with Gasteiger partial charge in [0.15, 0.2) is 0 Å². The van der Waals surface area contributed by atoms with Gasteiger partial charge in [-0.25, -0.2) is 0 Å². The van der Waals surface area contributed by atoms with Gasteiger partial charge in [0.05, 0.1) is 12.7 Å². The number of ether oxygens (including phenoxy) is 1. The van der Waals surface area contributed by atoms with Crippen LogP contribution in [0.1, 0.15) is 35.2 Å². The van der Waals surface area contributed by atoms with E-state index in [-0.39, 0.29) is 24.3 Å². The summed E-state index contributed by atoms with van der Waals surface area (Å²) in [6.45, 7) is 1.85. The van der Waals surface area contributed by atoms with Gasteiger partial charge in [0, 0.05) is 43.8 Å². The average molecular weight is 410 g/mol. The van der Waals surface area contributed by atoms with Gasteiger partial charge in [0.2, 0.25) is 5.91 Å². The van der Waals surface area contributed by atoms with E-state index >= 15 is 0 Å². The van der Waals surface area contributed by atoms with Crippen LogP contribution in [0.15, 0.2) is 48.8 Å². The van der Waals surface area contributed by atoms with E-state index in [1.165, 1.54) is 7.11 Å². The number of carbonyl (C=O) groups is 3. The minimum Gasteiger partial charge on any atom is -0.469 e. The molecule has 0 unspecified atom stereocenters. The number of benzene rings is 1. The van der Waals surface area contributed by atoms with Crippen molar-refractivity contribution in [2.75, 3.05) is 25.1 Å². The first-order valence-electron chi connectivity index (χ1n) is 9.94. The molecule has 1 saturated heterocycles. The molecule has 2 aromatic rings. The molecule has 1 aromatic heterocycles. The van der Waals surface area contributed by atoms with Crippen molar-refractivity contribution in [2.45, 2.75) is 31.8 Å². The molecule has 0 aliphatic carbocycles. The molecule has 0 saturated carbocycles. The summed E-state index contributed by atoms with van der Waals surface area (Å²) in [6, 6.07) is 11.3. The van der Waals surface area contributed by atoms with Gasteiger partial charge in [0.1, 0.15) is 6.42 Å². The Bertz CT molecular complexity index is 880. The minimum atomic E-state index is -0.545. The molecule has 1 aromatic carbocycles. The van der Waals surface area contributed by atoms with Crippen molar-refractivity contribution >= 4 is 23.5 Å². The summed E-state index contributed by atoms with van der Waals surface area (Å²) in [5.41, 5.74) is 2.49. The van der Waals surface area contributed by atoms with Gasteiger partial charge in [-0.3, -0.25) is 19.4 Å². The van der Waals surface area contributed by atoms with Crippen LogP contribution in [-0.4, -0.2) is 49.0 Å². The lowest BCUT2D eigenvalue weighted by Crippen LogP contribution is -2.45. The first-order chi connectivity index (χ1) is 14.6. The minimum absolute atomic E-state index is 0.00563. The molecule has 30 heavy (non-hydrogen) atoms. The van der Waals surface area contributed by atoms with E-state index in [1.54, 1.807) is 12.4 Å². The van der Waals surface area contributed by atoms with E-state index in [2.05, 4.69) is 25.3 Å². The number of piperidine rings is 1. The van der Waals surface area contributed by atoms with E-state index in [4.69, 9.17) is 0 Å². The fourth-order valence-electron chi connectivity index (χ4n) is 3.47. The summed E-state index contributed by atoms with van der Waals surface area (Å²) >= 11 is 0. The van der Waals surface area contributed by atoms with E-state index in [1.807, 2.05) is 36.4 Å². The quantitative estimate of drug-likeness (QED) is 0.532. The van der Waals surface area contributed by atoms with Crippen LogP contribution in [0.5, 0.6) is 0 Å². The molecule has 1 aliphatic heterocycles. The van der Waals surface area contributed by atoms with Crippen LogP contribution in [0.2, 0.25) is 0 Å². The lowest BCUT2D eigenvalue weighted by molar-refractivity contribution is -0.144. The maximum absolute atomic E-state index is 12.8.